The molecule has 1 aliphatic rings. The summed E-state index contributed by atoms with van der Waals surface area (Å²) in [5.74, 6) is 0. The molecule has 1 nitrogen and oxygen atoms in total. The van der Waals surface area contributed by atoms with Crippen LogP contribution in [-0.2, 0) is 5.41 Å². The van der Waals surface area contributed by atoms with Gasteiger partial charge in [-0.15, -0.1) is 11.3 Å². The van der Waals surface area contributed by atoms with Gasteiger partial charge in [0, 0.05) is 41.7 Å². The first-order valence-electron chi connectivity index (χ1n) is 18.4. The largest absolute Gasteiger partial charge is 0.456 e. The molecule has 0 unspecified atom stereocenters. The van der Waals surface area contributed by atoms with Crippen LogP contribution in [0.15, 0.2) is 162 Å². The maximum Gasteiger partial charge on any atom is 0.136 e. The minimum Gasteiger partial charge on any atom is -0.456 e. The lowest BCUT2D eigenvalue weighted by Gasteiger charge is -2.22. The molecule has 248 valence electrons. The van der Waals surface area contributed by atoms with E-state index in [1.807, 2.05) is 11.3 Å². The Morgan fingerprint density at radius 2 is 1.02 bits per heavy atom. The van der Waals surface area contributed by atoms with Crippen LogP contribution in [0, 0.1) is 0 Å². The highest BCUT2D eigenvalue weighted by Crippen LogP contribution is 2.52. The summed E-state index contributed by atoms with van der Waals surface area (Å²) in [5.41, 5.74) is 12.3. The van der Waals surface area contributed by atoms with Crippen molar-refractivity contribution in [2.45, 2.75) is 19.3 Å². The summed E-state index contributed by atoms with van der Waals surface area (Å²) in [5, 5.41) is 12.5. The first-order valence-corrected chi connectivity index (χ1v) is 19.2. The minimum absolute atomic E-state index is 0.0243. The number of benzene rings is 9. The smallest absolute Gasteiger partial charge is 0.136 e. The molecule has 2 heterocycles. The van der Waals surface area contributed by atoms with Crippen LogP contribution in [0.2, 0.25) is 0 Å². The number of furan rings is 1. The molecule has 0 amide bonds. The molecule has 12 rings (SSSR count). The van der Waals surface area contributed by atoms with Gasteiger partial charge in [0.15, 0.2) is 0 Å². The maximum absolute atomic E-state index is 6.77. The van der Waals surface area contributed by atoms with Gasteiger partial charge in [0.05, 0.1) is 0 Å². The van der Waals surface area contributed by atoms with Crippen LogP contribution >= 0.6 is 11.3 Å². The van der Waals surface area contributed by atoms with Gasteiger partial charge in [-0.25, -0.2) is 0 Å². The molecule has 0 saturated carbocycles. The molecule has 0 spiro atoms. The number of rotatable bonds is 2. The van der Waals surface area contributed by atoms with Crippen molar-refractivity contribution in [3.05, 3.63) is 169 Å². The Hall–Kier alpha value is -6.22. The molecule has 0 atom stereocenters. The molecule has 2 aromatic heterocycles. The van der Waals surface area contributed by atoms with Gasteiger partial charge in [0.2, 0.25) is 0 Å². The van der Waals surface area contributed by atoms with E-state index in [2.05, 4.69) is 172 Å². The Labute approximate surface area is 310 Å². The average Bonchev–Trinajstić information content (AvgIpc) is 3.84. The zero-order valence-corrected chi connectivity index (χ0v) is 30.1. The molecule has 0 fully saturated rings. The highest BCUT2D eigenvalue weighted by Gasteiger charge is 2.35. The van der Waals surface area contributed by atoms with Crippen molar-refractivity contribution < 1.29 is 4.42 Å². The van der Waals surface area contributed by atoms with Crippen LogP contribution in [0.1, 0.15) is 25.0 Å². The summed E-state index contributed by atoms with van der Waals surface area (Å²) >= 11 is 1.87. The SMILES string of the molecule is CC1(C)c2ccccc2-c2cc(-c3c4ccccc4c(-c4ccc5c(c4)oc4ccc6ccc7sc8ccccc8c7c6c45)c4ccccc34)ccc21. The van der Waals surface area contributed by atoms with Crippen LogP contribution in [0.4, 0.5) is 0 Å². The van der Waals surface area contributed by atoms with Gasteiger partial charge in [-0.05, 0) is 108 Å². The highest BCUT2D eigenvalue weighted by molar-refractivity contribution is 7.26. The molecule has 53 heavy (non-hydrogen) atoms. The lowest BCUT2D eigenvalue weighted by Crippen LogP contribution is -2.14. The number of hydrogen-bond donors (Lipinski definition) is 0. The monoisotopic (exact) mass is 692 g/mol. The van der Waals surface area contributed by atoms with E-state index in [-0.39, 0.29) is 5.41 Å². The van der Waals surface area contributed by atoms with Crippen LogP contribution < -0.4 is 0 Å². The van der Waals surface area contributed by atoms with Gasteiger partial charge < -0.3 is 4.42 Å². The summed E-state index contributed by atoms with van der Waals surface area (Å²) in [6, 6.07) is 58.5. The fraction of sp³-hybridized carbons (Fsp3) is 0.0588. The standard InChI is InChI=1S/C51H32OS/c1-51(2)40-17-9-7-11-32(40)39-27-30(20-24-41(39)51)46-33-12-3-5-14-35(33)47(36-15-6-4-13-34(36)46)31-19-23-37-43(28-31)52-42-25-21-29-22-26-45-50(48(29)49(37)42)38-16-8-10-18-44(38)53-45/h3-28H,1-2H3. The summed E-state index contributed by atoms with van der Waals surface area (Å²) in [7, 11) is 0. The second-order valence-corrected chi connectivity index (χ2v) is 16.2. The lowest BCUT2D eigenvalue weighted by molar-refractivity contribution is 0.660. The third kappa shape index (κ3) is 3.91. The van der Waals surface area contributed by atoms with Crippen molar-refractivity contribution in [2.24, 2.45) is 0 Å². The number of fused-ring (bicyclic) bond motifs is 14. The van der Waals surface area contributed by atoms with Crippen molar-refractivity contribution in [1.82, 2.24) is 0 Å². The quantitative estimate of drug-likeness (QED) is 0.164. The van der Waals surface area contributed by atoms with E-state index >= 15 is 0 Å². The first-order chi connectivity index (χ1) is 26.0. The van der Waals surface area contributed by atoms with E-state index in [0.717, 1.165) is 22.1 Å². The van der Waals surface area contributed by atoms with Crippen LogP contribution in [-0.4, -0.2) is 0 Å². The summed E-state index contributed by atoms with van der Waals surface area (Å²) in [6.07, 6.45) is 0. The third-order valence-electron chi connectivity index (χ3n) is 12.0. The van der Waals surface area contributed by atoms with Gasteiger partial charge in [-0.2, -0.15) is 0 Å². The van der Waals surface area contributed by atoms with E-state index in [1.54, 1.807) is 0 Å². The Balaban J connectivity index is 1.11. The predicted molar refractivity (Wildman–Crippen MR) is 228 cm³/mol. The van der Waals surface area contributed by atoms with Crippen LogP contribution in [0.25, 0.3) is 108 Å². The van der Waals surface area contributed by atoms with E-state index in [9.17, 15) is 0 Å². The fourth-order valence-electron chi connectivity index (χ4n) is 9.68. The Morgan fingerprint density at radius 3 is 1.77 bits per heavy atom. The van der Waals surface area contributed by atoms with Crippen LogP contribution in [0.3, 0.4) is 0 Å². The van der Waals surface area contributed by atoms with Crippen molar-refractivity contribution >= 4 is 85.8 Å². The molecule has 0 radical (unpaired) electrons. The summed E-state index contributed by atoms with van der Waals surface area (Å²) in [4.78, 5) is 0. The van der Waals surface area contributed by atoms with Crippen molar-refractivity contribution in [3.63, 3.8) is 0 Å². The van der Waals surface area contributed by atoms with Gasteiger partial charge in [-0.3, -0.25) is 0 Å². The van der Waals surface area contributed by atoms with Crippen molar-refractivity contribution in [2.75, 3.05) is 0 Å². The molecule has 0 N–H and O–H groups in total. The number of thiophene rings is 1. The summed E-state index contributed by atoms with van der Waals surface area (Å²) < 4.78 is 9.40. The van der Waals surface area contributed by atoms with Gasteiger partial charge in [-0.1, -0.05) is 135 Å². The van der Waals surface area contributed by atoms with E-state index < -0.39 is 0 Å². The normalized spacial score (nSPS) is 13.6. The van der Waals surface area contributed by atoms with Crippen molar-refractivity contribution in [1.29, 1.82) is 0 Å². The zero-order valence-electron chi connectivity index (χ0n) is 29.3. The topological polar surface area (TPSA) is 13.1 Å². The van der Waals surface area contributed by atoms with Gasteiger partial charge in [0.1, 0.15) is 11.2 Å². The fourth-order valence-corrected chi connectivity index (χ4v) is 10.8. The molecule has 0 aliphatic heterocycles. The molecule has 2 heteroatoms. The zero-order chi connectivity index (χ0) is 35.0. The third-order valence-corrected chi connectivity index (χ3v) is 13.2. The second kappa shape index (κ2) is 10.4. The van der Waals surface area contributed by atoms with Gasteiger partial charge in [0.25, 0.3) is 0 Å². The van der Waals surface area contributed by atoms with Crippen LogP contribution in [0.5, 0.6) is 0 Å². The van der Waals surface area contributed by atoms with Crippen molar-refractivity contribution in [3.8, 4) is 33.4 Å². The molecular formula is C51H32OS. The second-order valence-electron chi connectivity index (χ2n) is 15.2. The Kier molecular flexibility index (Phi) is 5.78. The summed E-state index contributed by atoms with van der Waals surface area (Å²) in [6.45, 7) is 4.70. The molecule has 1 aliphatic carbocycles. The first kappa shape index (κ1) is 29.4. The molecule has 9 aromatic carbocycles. The Bertz CT molecular complexity index is 3320. The average molecular weight is 693 g/mol. The van der Waals surface area contributed by atoms with E-state index in [0.29, 0.717) is 0 Å². The predicted octanol–water partition coefficient (Wildman–Crippen LogP) is 15.1. The Morgan fingerprint density at radius 1 is 0.415 bits per heavy atom. The van der Waals surface area contributed by atoms with Gasteiger partial charge >= 0.3 is 0 Å². The number of hydrogen-bond acceptors (Lipinski definition) is 2. The molecule has 0 saturated heterocycles. The molecule has 0 bridgehead atoms. The van der Waals surface area contributed by atoms with E-state index in [1.165, 1.54) is 96.8 Å². The lowest BCUT2D eigenvalue weighted by atomic mass is 9.81. The molecular weight excluding hydrogens is 661 g/mol. The highest BCUT2D eigenvalue weighted by atomic mass is 32.1. The minimum atomic E-state index is -0.0243. The van der Waals surface area contributed by atoms with E-state index in [4.69, 9.17) is 4.42 Å². The maximum atomic E-state index is 6.77. The molecule has 11 aromatic rings.